The molecule has 2 nitrogen and oxygen atoms in total. The van der Waals surface area contributed by atoms with Crippen LogP contribution < -0.4 is 5.73 Å². The van der Waals surface area contributed by atoms with Crippen LogP contribution >= 0.6 is 11.6 Å². The van der Waals surface area contributed by atoms with Crippen molar-refractivity contribution in [1.29, 1.82) is 0 Å². The first-order valence-electron chi connectivity index (χ1n) is 3.69. The largest absolute Gasteiger partial charge is 0.396 e. The van der Waals surface area contributed by atoms with E-state index in [0.717, 1.165) is 0 Å². The summed E-state index contributed by atoms with van der Waals surface area (Å²) in [4.78, 5) is 3.89. The maximum atomic E-state index is 5.75. The molecule has 1 aliphatic rings. The van der Waals surface area contributed by atoms with Gasteiger partial charge in [0, 0.05) is 6.20 Å². The first-order valence-corrected chi connectivity index (χ1v) is 4.06. The van der Waals surface area contributed by atoms with Gasteiger partial charge in [0.1, 0.15) is 0 Å². The number of anilines is 1. The van der Waals surface area contributed by atoms with E-state index in [1.165, 1.54) is 18.4 Å². The highest BCUT2D eigenvalue weighted by Crippen LogP contribution is 2.43. The number of halogens is 1. The normalized spacial score (nSPS) is 16.8. The van der Waals surface area contributed by atoms with Crippen LogP contribution in [-0.2, 0) is 0 Å². The van der Waals surface area contributed by atoms with Gasteiger partial charge in [-0.15, -0.1) is 0 Å². The van der Waals surface area contributed by atoms with Crippen molar-refractivity contribution in [3.63, 3.8) is 0 Å². The Hall–Kier alpha value is -0.760. The Morgan fingerprint density at radius 2 is 2.27 bits per heavy atom. The third kappa shape index (κ3) is 1.18. The molecular formula is C8H9ClN2. The lowest BCUT2D eigenvalue weighted by Gasteiger charge is -2.02. The molecule has 0 aliphatic heterocycles. The van der Waals surface area contributed by atoms with Crippen LogP contribution in [0.2, 0.25) is 5.15 Å². The molecule has 0 aromatic carbocycles. The minimum atomic E-state index is 0.439. The smallest absolute Gasteiger partial charge is 0.152 e. The molecule has 0 amide bonds. The zero-order chi connectivity index (χ0) is 7.84. The molecule has 1 heterocycles. The SMILES string of the molecule is Nc1c(C2CC2)ccnc1Cl. The molecule has 0 spiro atoms. The molecule has 0 unspecified atom stereocenters. The summed E-state index contributed by atoms with van der Waals surface area (Å²) in [5.74, 6) is 0.649. The summed E-state index contributed by atoms with van der Waals surface area (Å²) >= 11 is 5.75. The second-order valence-corrected chi connectivity index (χ2v) is 3.24. The van der Waals surface area contributed by atoms with Gasteiger partial charge in [-0.05, 0) is 30.4 Å². The third-order valence-electron chi connectivity index (χ3n) is 1.99. The lowest BCUT2D eigenvalue weighted by Crippen LogP contribution is -1.94. The molecule has 58 valence electrons. The van der Waals surface area contributed by atoms with Crippen molar-refractivity contribution in [1.82, 2.24) is 4.98 Å². The lowest BCUT2D eigenvalue weighted by atomic mass is 10.1. The number of nitrogen functional groups attached to an aromatic ring is 1. The predicted molar refractivity (Wildman–Crippen MR) is 45.6 cm³/mol. The molecule has 0 atom stereocenters. The summed E-state index contributed by atoms with van der Waals surface area (Å²) in [5, 5.41) is 0.439. The van der Waals surface area contributed by atoms with Gasteiger partial charge in [-0.3, -0.25) is 0 Å². The maximum absolute atomic E-state index is 5.75. The first-order chi connectivity index (χ1) is 5.29. The quantitative estimate of drug-likeness (QED) is 0.653. The average Bonchev–Trinajstić information content (AvgIpc) is 2.77. The van der Waals surface area contributed by atoms with Crippen molar-refractivity contribution in [3.05, 3.63) is 23.0 Å². The highest BCUT2D eigenvalue weighted by molar-refractivity contribution is 6.31. The van der Waals surface area contributed by atoms with Gasteiger partial charge in [0.25, 0.3) is 0 Å². The van der Waals surface area contributed by atoms with Gasteiger partial charge in [0.2, 0.25) is 0 Å². The molecule has 1 aliphatic carbocycles. The van der Waals surface area contributed by atoms with Gasteiger partial charge in [-0.25, -0.2) is 4.98 Å². The van der Waals surface area contributed by atoms with Crippen molar-refractivity contribution in [3.8, 4) is 0 Å². The Balaban J connectivity index is 2.45. The molecule has 3 heteroatoms. The second-order valence-electron chi connectivity index (χ2n) is 2.88. The molecule has 2 N–H and O–H groups in total. The van der Waals surface area contributed by atoms with Gasteiger partial charge >= 0.3 is 0 Å². The van der Waals surface area contributed by atoms with Crippen LogP contribution in [0.25, 0.3) is 0 Å². The van der Waals surface area contributed by atoms with E-state index < -0.39 is 0 Å². The maximum Gasteiger partial charge on any atom is 0.152 e. The molecule has 1 saturated carbocycles. The second kappa shape index (κ2) is 2.38. The van der Waals surface area contributed by atoms with Crippen molar-refractivity contribution in [2.24, 2.45) is 0 Å². The van der Waals surface area contributed by atoms with E-state index in [1.807, 2.05) is 6.07 Å². The Bertz CT molecular complexity index is 281. The predicted octanol–water partition coefficient (Wildman–Crippen LogP) is 2.19. The molecule has 1 fully saturated rings. The van der Waals surface area contributed by atoms with Crippen LogP contribution in [-0.4, -0.2) is 4.98 Å². The Morgan fingerprint density at radius 1 is 1.55 bits per heavy atom. The number of nitrogens with two attached hydrogens (primary N) is 1. The molecule has 1 aromatic rings. The van der Waals surface area contributed by atoms with E-state index in [0.29, 0.717) is 16.8 Å². The van der Waals surface area contributed by atoms with Gasteiger partial charge in [-0.2, -0.15) is 0 Å². The summed E-state index contributed by atoms with van der Waals surface area (Å²) in [7, 11) is 0. The standard InChI is InChI=1S/C8H9ClN2/c9-8-7(10)6(3-4-11-8)5-1-2-5/h3-5H,1-2,10H2. The average molecular weight is 169 g/mol. The van der Waals surface area contributed by atoms with Crippen molar-refractivity contribution < 1.29 is 0 Å². The molecule has 0 radical (unpaired) electrons. The molecule has 11 heavy (non-hydrogen) atoms. The Morgan fingerprint density at radius 3 is 2.91 bits per heavy atom. The van der Waals surface area contributed by atoms with Gasteiger partial charge in [0.15, 0.2) is 5.15 Å². The fourth-order valence-electron chi connectivity index (χ4n) is 1.21. The summed E-state index contributed by atoms with van der Waals surface area (Å²) in [6.45, 7) is 0. The van der Waals surface area contributed by atoms with Crippen LogP contribution in [0.15, 0.2) is 12.3 Å². The van der Waals surface area contributed by atoms with E-state index in [2.05, 4.69) is 4.98 Å². The van der Waals surface area contributed by atoms with Gasteiger partial charge < -0.3 is 5.73 Å². The first kappa shape index (κ1) is 6.92. The van der Waals surface area contributed by atoms with Crippen LogP contribution in [0.5, 0.6) is 0 Å². The number of hydrogen-bond acceptors (Lipinski definition) is 2. The Kier molecular flexibility index (Phi) is 1.50. The molecule has 0 bridgehead atoms. The van der Waals surface area contributed by atoms with E-state index in [1.54, 1.807) is 6.20 Å². The zero-order valence-corrected chi connectivity index (χ0v) is 6.80. The zero-order valence-electron chi connectivity index (χ0n) is 6.05. The molecule has 1 aromatic heterocycles. The highest BCUT2D eigenvalue weighted by atomic mass is 35.5. The summed E-state index contributed by atoms with van der Waals surface area (Å²) in [5.41, 5.74) is 7.56. The van der Waals surface area contributed by atoms with Crippen molar-refractivity contribution >= 4 is 17.3 Å². The number of aromatic nitrogens is 1. The van der Waals surface area contributed by atoms with Crippen molar-refractivity contribution in [2.75, 3.05) is 5.73 Å². The summed E-state index contributed by atoms with van der Waals surface area (Å²) < 4.78 is 0. The van der Waals surface area contributed by atoms with E-state index in [4.69, 9.17) is 17.3 Å². The van der Waals surface area contributed by atoms with E-state index >= 15 is 0 Å². The van der Waals surface area contributed by atoms with E-state index in [9.17, 15) is 0 Å². The number of rotatable bonds is 1. The highest BCUT2D eigenvalue weighted by Gasteiger charge is 2.26. The van der Waals surface area contributed by atoms with Crippen LogP contribution in [0.1, 0.15) is 24.3 Å². The molecule has 0 saturated heterocycles. The lowest BCUT2D eigenvalue weighted by molar-refractivity contribution is 1.11. The van der Waals surface area contributed by atoms with Crippen molar-refractivity contribution in [2.45, 2.75) is 18.8 Å². The van der Waals surface area contributed by atoms with Gasteiger partial charge in [-0.1, -0.05) is 11.6 Å². The molecular weight excluding hydrogens is 160 g/mol. The number of nitrogens with zero attached hydrogens (tertiary/aromatic N) is 1. The van der Waals surface area contributed by atoms with Crippen LogP contribution in [0.4, 0.5) is 5.69 Å². The summed E-state index contributed by atoms with van der Waals surface area (Å²) in [6, 6.07) is 1.96. The summed E-state index contributed by atoms with van der Waals surface area (Å²) in [6.07, 6.45) is 4.20. The molecule has 2 rings (SSSR count). The Labute approximate surface area is 70.4 Å². The van der Waals surface area contributed by atoms with E-state index in [-0.39, 0.29) is 0 Å². The fraction of sp³-hybridized carbons (Fsp3) is 0.375. The third-order valence-corrected chi connectivity index (χ3v) is 2.29. The van der Waals surface area contributed by atoms with Gasteiger partial charge in [0.05, 0.1) is 5.69 Å². The number of hydrogen-bond donors (Lipinski definition) is 1. The van der Waals surface area contributed by atoms with Crippen LogP contribution in [0, 0.1) is 0 Å². The van der Waals surface area contributed by atoms with Crippen LogP contribution in [0.3, 0.4) is 0 Å². The monoisotopic (exact) mass is 168 g/mol. The minimum Gasteiger partial charge on any atom is -0.396 e. The minimum absolute atomic E-state index is 0.439. The number of pyridine rings is 1. The fourth-order valence-corrected chi connectivity index (χ4v) is 1.38. The topological polar surface area (TPSA) is 38.9 Å².